The maximum Gasteiger partial charge on any atom is 0.418 e. The number of rotatable bonds is 3. The molecule has 1 aromatic heterocycles. The minimum absolute atomic E-state index is 0.234. The lowest BCUT2D eigenvalue weighted by Gasteiger charge is -2.24. The van der Waals surface area contributed by atoms with Gasteiger partial charge in [0.05, 0.1) is 23.4 Å². The molecule has 30 heavy (non-hydrogen) atoms. The number of hydrogen-bond acceptors (Lipinski definition) is 3. The topological polar surface area (TPSA) is 76.0 Å². The van der Waals surface area contributed by atoms with E-state index in [1.807, 2.05) is 30.3 Å². The maximum atomic E-state index is 13.3. The summed E-state index contributed by atoms with van der Waals surface area (Å²) in [4.78, 5) is 25.1. The number of halogens is 3. The molecule has 0 unspecified atom stereocenters. The van der Waals surface area contributed by atoms with Crippen LogP contribution in [0.4, 0.5) is 24.7 Å². The standard InChI is InChI=1S/C21H17F3N4O2/c1-12-18(13-7-3-2-4-8-13)27-28-16(11-17(29)26-19(12)28)20(30)25-15-10-6-5-9-14(15)21(22,23)24/h2-10,16H,11H2,1H3,(H,25,30)(H,26,29)/t16-/m1/s1. The van der Waals surface area contributed by atoms with E-state index >= 15 is 0 Å². The minimum atomic E-state index is -4.62. The molecular weight excluding hydrogens is 397 g/mol. The molecule has 2 aromatic carbocycles. The Morgan fingerprint density at radius 1 is 1.13 bits per heavy atom. The Hall–Kier alpha value is -3.62. The first-order valence-electron chi connectivity index (χ1n) is 9.17. The molecule has 0 fully saturated rings. The van der Waals surface area contributed by atoms with Gasteiger partial charge in [0.25, 0.3) is 0 Å². The Morgan fingerprint density at radius 2 is 1.80 bits per heavy atom. The Morgan fingerprint density at radius 3 is 2.50 bits per heavy atom. The van der Waals surface area contributed by atoms with Gasteiger partial charge in [-0.1, -0.05) is 42.5 Å². The quantitative estimate of drug-likeness (QED) is 0.667. The van der Waals surface area contributed by atoms with Gasteiger partial charge in [-0.05, 0) is 19.1 Å². The molecule has 0 radical (unpaired) electrons. The average molecular weight is 414 g/mol. The molecule has 9 heteroatoms. The van der Waals surface area contributed by atoms with Gasteiger partial charge in [0.15, 0.2) is 0 Å². The predicted octanol–water partition coefficient (Wildman–Crippen LogP) is 4.40. The van der Waals surface area contributed by atoms with Crippen molar-refractivity contribution in [3.63, 3.8) is 0 Å². The lowest BCUT2D eigenvalue weighted by molar-refractivity contribution is -0.137. The monoisotopic (exact) mass is 414 g/mol. The van der Waals surface area contributed by atoms with Crippen molar-refractivity contribution in [1.82, 2.24) is 9.78 Å². The van der Waals surface area contributed by atoms with E-state index in [0.717, 1.165) is 11.6 Å². The highest BCUT2D eigenvalue weighted by Gasteiger charge is 2.37. The van der Waals surface area contributed by atoms with Gasteiger partial charge < -0.3 is 10.6 Å². The largest absolute Gasteiger partial charge is 0.418 e. The molecule has 2 heterocycles. The third-order valence-corrected chi connectivity index (χ3v) is 4.92. The van der Waals surface area contributed by atoms with E-state index in [4.69, 9.17) is 0 Å². The Balaban J connectivity index is 1.71. The number of carbonyl (C=O) groups excluding carboxylic acids is 2. The Labute approximate surface area is 169 Å². The zero-order valence-electron chi connectivity index (χ0n) is 15.8. The Bertz CT molecular complexity index is 1120. The molecule has 4 rings (SSSR count). The van der Waals surface area contributed by atoms with Crippen molar-refractivity contribution in [3.8, 4) is 11.3 Å². The summed E-state index contributed by atoms with van der Waals surface area (Å²) < 4.78 is 41.1. The highest BCUT2D eigenvalue weighted by atomic mass is 19.4. The summed E-state index contributed by atoms with van der Waals surface area (Å²) in [5, 5.41) is 9.51. The molecule has 0 saturated carbocycles. The molecule has 6 nitrogen and oxygen atoms in total. The molecule has 154 valence electrons. The molecule has 0 aliphatic carbocycles. The predicted molar refractivity (Wildman–Crippen MR) is 105 cm³/mol. The van der Waals surface area contributed by atoms with Crippen molar-refractivity contribution >= 4 is 23.3 Å². The summed E-state index contributed by atoms with van der Waals surface area (Å²) in [5.41, 5.74) is 0.729. The SMILES string of the molecule is Cc1c(-c2ccccc2)nn2c1NC(=O)C[C@@H]2C(=O)Nc1ccccc1C(F)(F)F. The van der Waals surface area contributed by atoms with Crippen molar-refractivity contribution < 1.29 is 22.8 Å². The molecular formula is C21H17F3N4O2. The number of fused-ring (bicyclic) bond motifs is 1. The van der Waals surface area contributed by atoms with Crippen LogP contribution in [-0.2, 0) is 15.8 Å². The number of anilines is 2. The fraction of sp³-hybridized carbons (Fsp3) is 0.190. The normalized spacial score (nSPS) is 16.0. The van der Waals surface area contributed by atoms with E-state index in [2.05, 4.69) is 15.7 Å². The van der Waals surface area contributed by atoms with Crippen LogP contribution in [0.5, 0.6) is 0 Å². The number of aromatic nitrogens is 2. The Kier molecular flexibility index (Phi) is 4.81. The van der Waals surface area contributed by atoms with Gasteiger partial charge in [-0.15, -0.1) is 0 Å². The summed E-state index contributed by atoms with van der Waals surface area (Å²) in [6.45, 7) is 1.76. The average Bonchev–Trinajstić information content (AvgIpc) is 3.04. The molecule has 0 spiro atoms. The number of para-hydroxylation sites is 1. The highest BCUT2D eigenvalue weighted by molar-refractivity contribution is 6.02. The lowest BCUT2D eigenvalue weighted by atomic mass is 10.1. The molecule has 1 atom stereocenters. The third-order valence-electron chi connectivity index (χ3n) is 4.92. The fourth-order valence-electron chi connectivity index (χ4n) is 3.47. The summed E-state index contributed by atoms with van der Waals surface area (Å²) in [6.07, 6.45) is -4.86. The van der Waals surface area contributed by atoms with Crippen LogP contribution in [-0.4, -0.2) is 21.6 Å². The van der Waals surface area contributed by atoms with Gasteiger partial charge in [-0.3, -0.25) is 9.59 Å². The van der Waals surface area contributed by atoms with Crippen molar-refractivity contribution in [2.24, 2.45) is 0 Å². The summed E-state index contributed by atoms with van der Waals surface area (Å²) in [5.74, 6) is -0.798. The second kappa shape index (κ2) is 7.33. The van der Waals surface area contributed by atoms with Gasteiger partial charge in [-0.25, -0.2) is 4.68 Å². The second-order valence-electron chi connectivity index (χ2n) is 6.93. The number of nitrogens with one attached hydrogen (secondary N) is 2. The van der Waals surface area contributed by atoms with E-state index in [1.54, 1.807) is 6.92 Å². The highest BCUT2D eigenvalue weighted by Crippen LogP contribution is 2.37. The van der Waals surface area contributed by atoms with E-state index in [1.165, 1.54) is 22.9 Å². The number of amides is 2. The van der Waals surface area contributed by atoms with Gasteiger partial charge in [0, 0.05) is 11.1 Å². The summed E-state index contributed by atoms with van der Waals surface area (Å²) in [7, 11) is 0. The van der Waals surface area contributed by atoms with E-state index in [9.17, 15) is 22.8 Å². The summed E-state index contributed by atoms with van der Waals surface area (Å²) >= 11 is 0. The molecule has 1 aliphatic heterocycles. The number of nitrogens with zero attached hydrogens (tertiary/aromatic N) is 2. The van der Waals surface area contributed by atoms with Crippen LogP contribution in [0.15, 0.2) is 54.6 Å². The van der Waals surface area contributed by atoms with Crippen LogP contribution in [0, 0.1) is 6.92 Å². The van der Waals surface area contributed by atoms with Crippen LogP contribution in [0.3, 0.4) is 0 Å². The van der Waals surface area contributed by atoms with Crippen LogP contribution < -0.4 is 10.6 Å². The van der Waals surface area contributed by atoms with E-state index < -0.39 is 29.6 Å². The van der Waals surface area contributed by atoms with Crippen LogP contribution in [0.1, 0.15) is 23.6 Å². The first kappa shape index (κ1) is 19.7. The molecule has 2 amide bonds. The van der Waals surface area contributed by atoms with E-state index in [-0.39, 0.29) is 12.1 Å². The van der Waals surface area contributed by atoms with Crippen LogP contribution in [0.25, 0.3) is 11.3 Å². The number of hydrogen-bond donors (Lipinski definition) is 2. The smallest absolute Gasteiger partial charge is 0.324 e. The van der Waals surface area contributed by atoms with Gasteiger partial charge in [-0.2, -0.15) is 18.3 Å². The van der Waals surface area contributed by atoms with Crippen LogP contribution in [0.2, 0.25) is 0 Å². The summed E-state index contributed by atoms with van der Waals surface area (Å²) in [6, 6.07) is 12.8. The lowest BCUT2D eigenvalue weighted by Crippen LogP contribution is -2.36. The number of carbonyl (C=O) groups is 2. The molecule has 0 saturated heterocycles. The van der Waals surface area contributed by atoms with Crippen molar-refractivity contribution in [1.29, 1.82) is 0 Å². The fourth-order valence-corrected chi connectivity index (χ4v) is 3.47. The number of alkyl halides is 3. The minimum Gasteiger partial charge on any atom is -0.324 e. The van der Waals surface area contributed by atoms with Gasteiger partial charge >= 0.3 is 6.18 Å². The zero-order chi connectivity index (χ0) is 21.5. The number of benzene rings is 2. The molecule has 3 aromatic rings. The van der Waals surface area contributed by atoms with E-state index in [0.29, 0.717) is 17.1 Å². The second-order valence-corrected chi connectivity index (χ2v) is 6.93. The molecule has 1 aliphatic rings. The zero-order valence-corrected chi connectivity index (χ0v) is 15.8. The van der Waals surface area contributed by atoms with Crippen LogP contribution >= 0.6 is 0 Å². The van der Waals surface area contributed by atoms with Crippen molar-refractivity contribution in [2.75, 3.05) is 10.6 Å². The van der Waals surface area contributed by atoms with Gasteiger partial charge in [0.2, 0.25) is 11.8 Å². The first-order chi connectivity index (χ1) is 14.3. The first-order valence-corrected chi connectivity index (χ1v) is 9.17. The van der Waals surface area contributed by atoms with Crippen molar-refractivity contribution in [3.05, 3.63) is 65.7 Å². The third kappa shape index (κ3) is 3.54. The molecule has 0 bridgehead atoms. The van der Waals surface area contributed by atoms with Crippen molar-refractivity contribution in [2.45, 2.75) is 25.6 Å². The molecule has 2 N–H and O–H groups in total. The van der Waals surface area contributed by atoms with Gasteiger partial charge in [0.1, 0.15) is 11.9 Å². The maximum absolute atomic E-state index is 13.3.